The summed E-state index contributed by atoms with van der Waals surface area (Å²) in [6, 6.07) is 17.1. The fraction of sp³-hybridized carbons (Fsp3) is 0.385. The second kappa shape index (κ2) is 9.33. The first-order chi connectivity index (χ1) is 15.7. The van der Waals surface area contributed by atoms with Crippen molar-refractivity contribution >= 4 is 23.0 Å². The Kier molecular flexibility index (Phi) is 6.12. The summed E-state index contributed by atoms with van der Waals surface area (Å²) >= 11 is 5.84. The Hall–Kier alpha value is -2.86. The molecular weight excluding hydrogens is 416 g/mol. The molecule has 0 bridgehead atoms. The number of benzene rings is 1. The van der Waals surface area contributed by atoms with Gasteiger partial charge in [-0.25, -0.2) is 0 Å². The highest BCUT2D eigenvalue weighted by atomic mass is 32.1. The van der Waals surface area contributed by atoms with Crippen molar-refractivity contribution in [1.82, 2.24) is 14.9 Å². The molecule has 1 aliphatic heterocycles. The molecule has 5 rings (SSSR count). The molecule has 0 amide bonds. The van der Waals surface area contributed by atoms with E-state index < -0.39 is 0 Å². The molecule has 2 unspecified atom stereocenters. The van der Waals surface area contributed by atoms with Gasteiger partial charge < -0.3 is 19.5 Å². The SMILES string of the molecule is CCOc1ccc(N2C(=S)NC(c3ccccn3)C2c2ccn(C3CCCCC3)c2)cc1. The van der Waals surface area contributed by atoms with E-state index in [1.54, 1.807) is 0 Å². The number of hydrogen-bond donors (Lipinski definition) is 1. The summed E-state index contributed by atoms with van der Waals surface area (Å²) < 4.78 is 8.06. The summed E-state index contributed by atoms with van der Waals surface area (Å²) in [7, 11) is 0. The lowest BCUT2D eigenvalue weighted by Crippen LogP contribution is -2.29. The smallest absolute Gasteiger partial charge is 0.174 e. The van der Waals surface area contributed by atoms with Gasteiger partial charge in [0, 0.05) is 30.3 Å². The van der Waals surface area contributed by atoms with E-state index in [0.717, 1.165) is 22.2 Å². The lowest BCUT2D eigenvalue weighted by molar-refractivity contribution is 0.340. The first-order valence-corrected chi connectivity index (χ1v) is 12.1. The van der Waals surface area contributed by atoms with Crippen LogP contribution in [0.2, 0.25) is 0 Å². The fourth-order valence-electron chi connectivity index (χ4n) is 5.05. The lowest BCUT2D eigenvalue weighted by Gasteiger charge is -2.28. The van der Waals surface area contributed by atoms with Gasteiger partial charge in [0.2, 0.25) is 0 Å². The van der Waals surface area contributed by atoms with E-state index in [1.165, 1.54) is 37.7 Å². The standard InChI is InChI=1S/C26H30N4OS/c1-2-31-22-13-11-21(12-14-22)30-25(24(28-26(30)32)23-10-6-7-16-27-23)19-15-17-29(18-19)20-8-4-3-5-9-20/h6-7,10-18,20,24-25H,2-5,8-9H2,1H3,(H,28,32). The van der Waals surface area contributed by atoms with Crippen LogP contribution in [0.15, 0.2) is 67.1 Å². The van der Waals surface area contributed by atoms with E-state index in [4.69, 9.17) is 17.0 Å². The predicted octanol–water partition coefficient (Wildman–Crippen LogP) is 5.96. The maximum Gasteiger partial charge on any atom is 0.174 e. The van der Waals surface area contributed by atoms with E-state index in [9.17, 15) is 0 Å². The molecule has 3 heterocycles. The van der Waals surface area contributed by atoms with Gasteiger partial charge in [-0.15, -0.1) is 0 Å². The van der Waals surface area contributed by atoms with Crippen LogP contribution in [-0.4, -0.2) is 21.3 Å². The second-order valence-corrected chi connectivity index (χ2v) is 8.99. The number of rotatable bonds is 6. The fourth-order valence-corrected chi connectivity index (χ4v) is 5.40. The zero-order valence-corrected chi connectivity index (χ0v) is 19.3. The van der Waals surface area contributed by atoms with E-state index in [-0.39, 0.29) is 12.1 Å². The van der Waals surface area contributed by atoms with Gasteiger partial charge in [-0.1, -0.05) is 25.3 Å². The van der Waals surface area contributed by atoms with Crippen LogP contribution in [0.4, 0.5) is 5.69 Å². The Bertz CT molecular complexity index is 1040. The van der Waals surface area contributed by atoms with Crippen molar-refractivity contribution in [2.24, 2.45) is 0 Å². The Morgan fingerprint density at radius 2 is 1.88 bits per heavy atom. The van der Waals surface area contributed by atoms with E-state index in [0.29, 0.717) is 12.6 Å². The molecule has 6 heteroatoms. The van der Waals surface area contributed by atoms with Gasteiger partial charge in [0.05, 0.1) is 24.4 Å². The van der Waals surface area contributed by atoms with Gasteiger partial charge >= 0.3 is 0 Å². The van der Waals surface area contributed by atoms with Gasteiger partial charge in [0.1, 0.15) is 5.75 Å². The monoisotopic (exact) mass is 446 g/mol. The van der Waals surface area contributed by atoms with Crippen molar-refractivity contribution in [3.05, 3.63) is 78.4 Å². The van der Waals surface area contributed by atoms with Crippen LogP contribution in [0, 0.1) is 0 Å². The first-order valence-electron chi connectivity index (χ1n) is 11.7. The topological polar surface area (TPSA) is 42.3 Å². The quantitative estimate of drug-likeness (QED) is 0.473. The zero-order valence-electron chi connectivity index (χ0n) is 18.5. The van der Waals surface area contributed by atoms with Crippen LogP contribution < -0.4 is 15.0 Å². The molecule has 1 saturated carbocycles. The van der Waals surface area contributed by atoms with Crippen molar-refractivity contribution in [3.8, 4) is 5.75 Å². The zero-order chi connectivity index (χ0) is 21.9. The molecule has 2 aromatic heterocycles. The number of pyridine rings is 1. The minimum atomic E-state index is -0.0162. The van der Waals surface area contributed by atoms with Crippen molar-refractivity contribution in [2.45, 2.75) is 57.2 Å². The predicted molar refractivity (Wildman–Crippen MR) is 132 cm³/mol. The largest absolute Gasteiger partial charge is 0.494 e. The number of ether oxygens (including phenoxy) is 1. The summed E-state index contributed by atoms with van der Waals surface area (Å²) in [6.45, 7) is 2.65. The number of nitrogens with zero attached hydrogens (tertiary/aromatic N) is 3. The summed E-state index contributed by atoms with van der Waals surface area (Å²) in [5.41, 5.74) is 3.31. The molecule has 1 N–H and O–H groups in total. The third-order valence-electron chi connectivity index (χ3n) is 6.60. The van der Waals surface area contributed by atoms with Crippen molar-refractivity contribution in [1.29, 1.82) is 0 Å². The van der Waals surface area contributed by atoms with Crippen LogP contribution in [-0.2, 0) is 0 Å². The summed E-state index contributed by atoms with van der Waals surface area (Å²) in [6.07, 6.45) is 13.0. The molecule has 1 aromatic carbocycles. The summed E-state index contributed by atoms with van der Waals surface area (Å²) in [4.78, 5) is 6.89. The summed E-state index contributed by atoms with van der Waals surface area (Å²) in [5.74, 6) is 0.871. The summed E-state index contributed by atoms with van der Waals surface area (Å²) in [5, 5.41) is 4.27. The maximum atomic E-state index is 5.84. The van der Waals surface area contributed by atoms with Crippen LogP contribution in [0.1, 0.15) is 68.4 Å². The molecule has 5 nitrogen and oxygen atoms in total. The van der Waals surface area contributed by atoms with Gasteiger partial charge in [0.25, 0.3) is 0 Å². The number of hydrogen-bond acceptors (Lipinski definition) is 3. The number of thiocarbonyl (C=S) groups is 1. The molecule has 3 aromatic rings. The molecule has 0 spiro atoms. The minimum Gasteiger partial charge on any atom is -0.494 e. The van der Waals surface area contributed by atoms with Crippen LogP contribution in [0.5, 0.6) is 5.75 Å². The Labute approximate surface area is 195 Å². The third-order valence-corrected chi connectivity index (χ3v) is 6.91. The van der Waals surface area contributed by atoms with Crippen molar-refractivity contribution in [2.75, 3.05) is 11.5 Å². The third kappa shape index (κ3) is 4.11. The highest BCUT2D eigenvalue weighted by Gasteiger charge is 2.41. The maximum absolute atomic E-state index is 5.84. The molecule has 1 saturated heterocycles. The average molecular weight is 447 g/mol. The van der Waals surface area contributed by atoms with Crippen LogP contribution >= 0.6 is 12.2 Å². The Morgan fingerprint density at radius 1 is 1.06 bits per heavy atom. The van der Waals surface area contributed by atoms with E-state index in [2.05, 4.69) is 56.4 Å². The normalized spacial score (nSPS) is 21.5. The lowest BCUT2D eigenvalue weighted by atomic mass is 9.95. The van der Waals surface area contributed by atoms with Gasteiger partial charge in [0.15, 0.2) is 5.11 Å². The molecule has 166 valence electrons. The molecule has 2 atom stereocenters. The molecule has 1 aliphatic carbocycles. The molecule has 0 radical (unpaired) electrons. The highest BCUT2D eigenvalue weighted by Crippen LogP contribution is 2.42. The number of nitrogens with one attached hydrogen (secondary N) is 1. The van der Waals surface area contributed by atoms with E-state index >= 15 is 0 Å². The molecule has 2 fully saturated rings. The van der Waals surface area contributed by atoms with E-state index in [1.807, 2.05) is 37.4 Å². The second-order valence-electron chi connectivity index (χ2n) is 8.61. The Balaban J connectivity index is 1.51. The highest BCUT2D eigenvalue weighted by molar-refractivity contribution is 7.80. The number of anilines is 1. The van der Waals surface area contributed by atoms with Gasteiger partial charge in [-0.3, -0.25) is 4.98 Å². The molecular formula is C26H30N4OS. The number of aromatic nitrogens is 2. The average Bonchev–Trinajstić information content (AvgIpc) is 3.46. The minimum absolute atomic E-state index is 0.0162. The van der Waals surface area contributed by atoms with Gasteiger partial charge in [-0.2, -0.15) is 0 Å². The van der Waals surface area contributed by atoms with Crippen molar-refractivity contribution in [3.63, 3.8) is 0 Å². The molecule has 2 aliphatic rings. The Morgan fingerprint density at radius 3 is 2.59 bits per heavy atom. The van der Waals surface area contributed by atoms with Crippen molar-refractivity contribution < 1.29 is 4.74 Å². The first kappa shape index (κ1) is 21.0. The van der Waals surface area contributed by atoms with Crippen LogP contribution in [0.25, 0.3) is 0 Å². The van der Waals surface area contributed by atoms with Gasteiger partial charge in [-0.05, 0) is 80.0 Å². The molecule has 32 heavy (non-hydrogen) atoms. The van der Waals surface area contributed by atoms with Crippen LogP contribution in [0.3, 0.4) is 0 Å².